The van der Waals surface area contributed by atoms with Crippen LogP contribution >= 0.6 is 0 Å². The molecular formula is C21H14N6. The molecule has 5 aromatic rings. The number of hydrogen-bond acceptors (Lipinski definition) is 5. The van der Waals surface area contributed by atoms with E-state index in [1.54, 1.807) is 16.9 Å². The van der Waals surface area contributed by atoms with E-state index in [-0.39, 0.29) is 0 Å². The molecule has 0 radical (unpaired) electrons. The first-order valence-electron chi connectivity index (χ1n) is 8.54. The van der Waals surface area contributed by atoms with Gasteiger partial charge in [-0.05, 0) is 24.3 Å². The zero-order valence-electron chi connectivity index (χ0n) is 14.3. The zero-order valence-corrected chi connectivity index (χ0v) is 14.3. The third-order valence-corrected chi connectivity index (χ3v) is 4.20. The summed E-state index contributed by atoms with van der Waals surface area (Å²) in [7, 11) is 0. The van der Waals surface area contributed by atoms with Gasteiger partial charge in [0.15, 0.2) is 0 Å². The maximum absolute atomic E-state index is 4.76. The van der Waals surface area contributed by atoms with E-state index in [4.69, 9.17) is 10.1 Å². The average Bonchev–Trinajstić information content (AvgIpc) is 3.18. The molecule has 0 spiro atoms. The number of pyridine rings is 2. The van der Waals surface area contributed by atoms with Crippen molar-refractivity contribution in [2.45, 2.75) is 0 Å². The van der Waals surface area contributed by atoms with Gasteiger partial charge in [-0.25, -0.2) is 14.5 Å². The third kappa shape index (κ3) is 2.83. The molecule has 0 atom stereocenters. The monoisotopic (exact) mass is 350 g/mol. The van der Waals surface area contributed by atoms with Crippen molar-refractivity contribution >= 4 is 5.78 Å². The smallest absolute Gasteiger partial charge is 0.251 e. The van der Waals surface area contributed by atoms with E-state index >= 15 is 0 Å². The Bertz CT molecular complexity index is 1120. The van der Waals surface area contributed by atoms with Crippen molar-refractivity contribution in [1.82, 2.24) is 29.5 Å². The van der Waals surface area contributed by atoms with Crippen LogP contribution in [0.5, 0.6) is 0 Å². The van der Waals surface area contributed by atoms with Crippen LogP contribution in [0.3, 0.4) is 0 Å². The first kappa shape index (κ1) is 15.3. The number of aromatic nitrogens is 6. The SMILES string of the molecule is c1ccc(-c2cn3nc(-c4ccccn4)c(-c4ccccn4)nc3n2)cc1. The molecule has 4 heterocycles. The molecule has 0 fully saturated rings. The normalized spacial score (nSPS) is 11.0. The standard InChI is InChI=1S/C21H14N6/c1-2-8-15(9-3-1)18-14-27-21(24-18)25-19(16-10-4-6-12-22-16)20(26-27)17-11-5-7-13-23-17/h1-14H. The molecule has 1 aromatic carbocycles. The van der Waals surface area contributed by atoms with E-state index in [1.807, 2.05) is 72.9 Å². The first-order chi connectivity index (χ1) is 13.4. The molecule has 0 amide bonds. The van der Waals surface area contributed by atoms with E-state index in [0.717, 1.165) is 22.6 Å². The summed E-state index contributed by atoms with van der Waals surface area (Å²) in [5.74, 6) is 0.522. The first-order valence-corrected chi connectivity index (χ1v) is 8.54. The predicted molar refractivity (Wildman–Crippen MR) is 103 cm³/mol. The summed E-state index contributed by atoms with van der Waals surface area (Å²) in [6, 6.07) is 21.4. The van der Waals surface area contributed by atoms with Crippen LogP contribution in [0.25, 0.3) is 39.8 Å². The fourth-order valence-electron chi connectivity index (χ4n) is 2.92. The van der Waals surface area contributed by atoms with Crippen molar-refractivity contribution < 1.29 is 0 Å². The molecule has 4 aromatic heterocycles. The maximum Gasteiger partial charge on any atom is 0.251 e. The largest absolute Gasteiger partial charge is 0.255 e. The van der Waals surface area contributed by atoms with Crippen molar-refractivity contribution in [3.63, 3.8) is 0 Å². The van der Waals surface area contributed by atoms with Crippen LogP contribution in [0.4, 0.5) is 0 Å². The Morgan fingerprint density at radius 2 is 1.26 bits per heavy atom. The summed E-state index contributed by atoms with van der Waals surface area (Å²) in [4.78, 5) is 18.3. The van der Waals surface area contributed by atoms with E-state index in [2.05, 4.69) is 15.0 Å². The molecule has 6 nitrogen and oxygen atoms in total. The second-order valence-electron chi connectivity index (χ2n) is 5.98. The summed E-state index contributed by atoms with van der Waals surface area (Å²) in [6.45, 7) is 0. The number of rotatable bonds is 3. The van der Waals surface area contributed by atoms with Gasteiger partial charge in [0.1, 0.15) is 11.4 Å². The van der Waals surface area contributed by atoms with Crippen molar-refractivity contribution in [3.05, 3.63) is 85.3 Å². The fourth-order valence-corrected chi connectivity index (χ4v) is 2.92. The van der Waals surface area contributed by atoms with Gasteiger partial charge in [0.05, 0.1) is 23.3 Å². The second kappa shape index (κ2) is 6.42. The summed E-state index contributed by atoms with van der Waals surface area (Å²) in [5, 5.41) is 4.76. The van der Waals surface area contributed by atoms with Gasteiger partial charge in [0, 0.05) is 18.0 Å². The zero-order chi connectivity index (χ0) is 18.1. The summed E-state index contributed by atoms with van der Waals surface area (Å²) < 4.78 is 1.69. The van der Waals surface area contributed by atoms with Gasteiger partial charge in [0.25, 0.3) is 5.78 Å². The Kier molecular flexibility index (Phi) is 3.65. The summed E-state index contributed by atoms with van der Waals surface area (Å²) in [6.07, 6.45) is 5.36. The van der Waals surface area contributed by atoms with E-state index in [1.165, 1.54) is 0 Å². The molecule has 128 valence electrons. The molecule has 0 unspecified atom stereocenters. The average molecular weight is 350 g/mol. The second-order valence-corrected chi connectivity index (χ2v) is 5.98. The molecule has 5 rings (SSSR count). The van der Waals surface area contributed by atoms with E-state index < -0.39 is 0 Å². The highest BCUT2D eigenvalue weighted by Crippen LogP contribution is 2.27. The highest BCUT2D eigenvalue weighted by molar-refractivity contribution is 5.75. The molecule has 0 bridgehead atoms. The van der Waals surface area contributed by atoms with Crippen LogP contribution in [0.1, 0.15) is 0 Å². The van der Waals surface area contributed by atoms with Crippen LogP contribution in [0, 0.1) is 0 Å². The molecule has 6 heteroatoms. The van der Waals surface area contributed by atoms with Gasteiger partial charge in [-0.15, -0.1) is 0 Å². The van der Waals surface area contributed by atoms with Crippen LogP contribution < -0.4 is 0 Å². The van der Waals surface area contributed by atoms with Crippen molar-refractivity contribution in [3.8, 4) is 34.0 Å². The number of fused-ring (bicyclic) bond motifs is 1. The van der Waals surface area contributed by atoms with Gasteiger partial charge in [-0.1, -0.05) is 42.5 Å². The van der Waals surface area contributed by atoms with Crippen LogP contribution in [-0.2, 0) is 0 Å². The maximum atomic E-state index is 4.76. The molecule has 0 saturated heterocycles. The summed E-state index contributed by atoms with van der Waals surface area (Å²) >= 11 is 0. The Morgan fingerprint density at radius 1 is 0.593 bits per heavy atom. The minimum absolute atomic E-state index is 0.522. The fraction of sp³-hybridized carbons (Fsp3) is 0. The van der Waals surface area contributed by atoms with Gasteiger partial charge in [0.2, 0.25) is 0 Å². The van der Waals surface area contributed by atoms with E-state index in [0.29, 0.717) is 17.2 Å². The topological polar surface area (TPSA) is 68.9 Å². The van der Waals surface area contributed by atoms with Gasteiger partial charge in [-0.2, -0.15) is 5.10 Å². The molecule has 0 saturated carbocycles. The lowest BCUT2D eigenvalue weighted by Gasteiger charge is -2.07. The molecule has 27 heavy (non-hydrogen) atoms. The van der Waals surface area contributed by atoms with E-state index in [9.17, 15) is 0 Å². The Hall–Kier alpha value is -3.93. The highest BCUT2D eigenvalue weighted by atomic mass is 15.3. The molecule has 0 aliphatic rings. The molecule has 0 aliphatic heterocycles. The third-order valence-electron chi connectivity index (χ3n) is 4.20. The van der Waals surface area contributed by atoms with Crippen molar-refractivity contribution in [1.29, 1.82) is 0 Å². The number of benzene rings is 1. The molecular weight excluding hydrogens is 336 g/mol. The quantitative estimate of drug-likeness (QED) is 0.493. The Morgan fingerprint density at radius 3 is 1.93 bits per heavy atom. The Balaban J connectivity index is 1.76. The lowest BCUT2D eigenvalue weighted by atomic mass is 10.1. The van der Waals surface area contributed by atoms with Crippen LogP contribution in [0.15, 0.2) is 85.3 Å². The van der Waals surface area contributed by atoms with Crippen molar-refractivity contribution in [2.75, 3.05) is 0 Å². The number of nitrogens with zero attached hydrogens (tertiary/aromatic N) is 6. The number of imidazole rings is 1. The molecule has 0 N–H and O–H groups in total. The van der Waals surface area contributed by atoms with Crippen molar-refractivity contribution in [2.24, 2.45) is 0 Å². The van der Waals surface area contributed by atoms with Gasteiger partial charge >= 0.3 is 0 Å². The van der Waals surface area contributed by atoms with Crippen LogP contribution in [-0.4, -0.2) is 29.5 Å². The predicted octanol–water partition coefficient (Wildman–Crippen LogP) is 3.92. The highest BCUT2D eigenvalue weighted by Gasteiger charge is 2.17. The van der Waals surface area contributed by atoms with Crippen LogP contribution in [0.2, 0.25) is 0 Å². The molecule has 0 aliphatic carbocycles. The van der Waals surface area contributed by atoms with Gasteiger partial charge < -0.3 is 0 Å². The Labute approximate surface area is 155 Å². The number of hydrogen-bond donors (Lipinski definition) is 0. The summed E-state index contributed by atoms with van der Waals surface area (Å²) in [5.41, 5.74) is 4.63. The van der Waals surface area contributed by atoms with Gasteiger partial charge in [-0.3, -0.25) is 9.97 Å². The minimum Gasteiger partial charge on any atom is -0.255 e. The lowest BCUT2D eigenvalue weighted by Crippen LogP contribution is -2.02. The minimum atomic E-state index is 0.522. The lowest BCUT2D eigenvalue weighted by molar-refractivity contribution is 0.906.